The van der Waals surface area contributed by atoms with Gasteiger partial charge in [-0.2, -0.15) is 0 Å². The lowest BCUT2D eigenvalue weighted by molar-refractivity contribution is 0.268. The number of nitrogens with one attached hydrogen (secondary N) is 1. The summed E-state index contributed by atoms with van der Waals surface area (Å²) in [4.78, 5) is 0. The van der Waals surface area contributed by atoms with E-state index in [2.05, 4.69) is 5.32 Å². The fourth-order valence-corrected chi connectivity index (χ4v) is 2.12. The van der Waals surface area contributed by atoms with Gasteiger partial charge in [0.1, 0.15) is 12.4 Å². The van der Waals surface area contributed by atoms with Gasteiger partial charge in [-0.05, 0) is 43.8 Å². The highest BCUT2D eigenvalue weighted by Gasteiger charge is 2.17. The van der Waals surface area contributed by atoms with E-state index in [0.717, 1.165) is 11.6 Å². The summed E-state index contributed by atoms with van der Waals surface area (Å²) in [5, 5.41) is 3.58. The minimum atomic E-state index is -0.866. The first-order valence-electron chi connectivity index (χ1n) is 6.53. The van der Waals surface area contributed by atoms with E-state index in [9.17, 15) is 8.78 Å². The van der Waals surface area contributed by atoms with Crippen molar-refractivity contribution in [2.75, 3.05) is 13.7 Å². The summed E-state index contributed by atoms with van der Waals surface area (Å²) in [6.07, 6.45) is 0. The van der Waals surface area contributed by atoms with Crippen LogP contribution >= 0.6 is 11.6 Å². The summed E-state index contributed by atoms with van der Waals surface area (Å²) in [6, 6.07) is 8.94. The molecule has 0 saturated heterocycles. The molecule has 1 unspecified atom stereocenters. The topological polar surface area (TPSA) is 21.3 Å². The standard InChI is InChI=1S/C16H16ClF2NO/c1-10-8-11(6-7-13(10)17)21-9-15(20-2)12-4-3-5-14(18)16(12)19/h3-8,15,20H,9H2,1-2H3. The van der Waals surface area contributed by atoms with Crippen molar-refractivity contribution in [3.8, 4) is 5.75 Å². The average Bonchev–Trinajstić information content (AvgIpc) is 2.47. The van der Waals surface area contributed by atoms with Crippen LogP contribution in [0.5, 0.6) is 5.75 Å². The highest BCUT2D eigenvalue weighted by molar-refractivity contribution is 6.31. The second kappa shape index (κ2) is 6.87. The molecule has 0 amide bonds. The van der Waals surface area contributed by atoms with E-state index >= 15 is 0 Å². The third-order valence-corrected chi connectivity index (χ3v) is 3.68. The highest BCUT2D eigenvalue weighted by Crippen LogP contribution is 2.24. The number of aryl methyl sites for hydroxylation is 1. The Kier molecular flexibility index (Phi) is 5.15. The van der Waals surface area contributed by atoms with Crippen LogP contribution in [0.1, 0.15) is 17.2 Å². The Balaban J connectivity index is 2.12. The van der Waals surface area contributed by atoms with Crippen LogP contribution < -0.4 is 10.1 Å². The summed E-state index contributed by atoms with van der Waals surface area (Å²) in [7, 11) is 1.67. The Labute approximate surface area is 127 Å². The van der Waals surface area contributed by atoms with Gasteiger partial charge in [-0.15, -0.1) is 0 Å². The van der Waals surface area contributed by atoms with Gasteiger partial charge < -0.3 is 10.1 Å². The van der Waals surface area contributed by atoms with E-state index < -0.39 is 17.7 Å². The van der Waals surface area contributed by atoms with Gasteiger partial charge in [-0.3, -0.25) is 0 Å². The van der Waals surface area contributed by atoms with E-state index in [0.29, 0.717) is 10.8 Å². The van der Waals surface area contributed by atoms with Crippen molar-refractivity contribution in [2.45, 2.75) is 13.0 Å². The molecule has 0 saturated carbocycles. The van der Waals surface area contributed by atoms with Crippen molar-refractivity contribution in [1.82, 2.24) is 5.32 Å². The van der Waals surface area contributed by atoms with Gasteiger partial charge >= 0.3 is 0 Å². The second-order valence-electron chi connectivity index (χ2n) is 4.71. The second-order valence-corrected chi connectivity index (χ2v) is 5.11. The molecule has 0 spiro atoms. The van der Waals surface area contributed by atoms with Gasteiger partial charge in [0.05, 0.1) is 6.04 Å². The van der Waals surface area contributed by atoms with Crippen molar-refractivity contribution in [1.29, 1.82) is 0 Å². The molecule has 112 valence electrons. The van der Waals surface area contributed by atoms with E-state index in [4.69, 9.17) is 16.3 Å². The number of hydrogen-bond acceptors (Lipinski definition) is 2. The van der Waals surface area contributed by atoms with Gasteiger partial charge in [0, 0.05) is 10.6 Å². The lowest BCUT2D eigenvalue weighted by atomic mass is 10.1. The van der Waals surface area contributed by atoms with E-state index in [1.165, 1.54) is 12.1 Å². The largest absolute Gasteiger partial charge is 0.492 e. The van der Waals surface area contributed by atoms with Gasteiger partial charge in [-0.1, -0.05) is 23.7 Å². The zero-order valence-electron chi connectivity index (χ0n) is 11.8. The third-order valence-electron chi connectivity index (χ3n) is 3.25. The van der Waals surface area contributed by atoms with Crippen LogP contribution in [0.2, 0.25) is 5.02 Å². The average molecular weight is 312 g/mol. The lowest BCUT2D eigenvalue weighted by Crippen LogP contribution is -2.24. The molecule has 21 heavy (non-hydrogen) atoms. The van der Waals surface area contributed by atoms with Crippen molar-refractivity contribution >= 4 is 11.6 Å². The Hall–Kier alpha value is -1.65. The van der Waals surface area contributed by atoms with Crippen molar-refractivity contribution in [2.24, 2.45) is 0 Å². The van der Waals surface area contributed by atoms with Crippen LogP contribution in [-0.2, 0) is 0 Å². The van der Waals surface area contributed by atoms with Crippen molar-refractivity contribution in [3.05, 3.63) is 64.2 Å². The summed E-state index contributed by atoms with van der Waals surface area (Å²) in [5.74, 6) is -1.09. The lowest BCUT2D eigenvalue weighted by Gasteiger charge is -2.18. The van der Waals surface area contributed by atoms with Crippen LogP contribution in [-0.4, -0.2) is 13.7 Å². The monoisotopic (exact) mass is 311 g/mol. The zero-order chi connectivity index (χ0) is 15.4. The number of halogens is 3. The Morgan fingerprint density at radius 2 is 2.00 bits per heavy atom. The fourth-order valence-electron chi connectivity index (χ4n) is 2.00. The normalized spacial score (nSPS) is 12.2. The third kappa shape index (κ3) is 3.71. The van der Waals surface area contributed by atoms with Crippen molar-refractivity contribution < 1.29 is 13.5 Å². The molecule has 0 bridgehead atoms. The van der Waals surface area contributed by atoms with Gasteiger partial charge in [0.2, 0.25) is 0 Å². The maximum absolute atomic E-state index is 13.8. The minimum absolute atomic E-state index is 0.179. The summed E-state index contributed by atoms with van der Waals surface area (Å²) >= 11 is 5.95. The van der Waals surface area contributed by atoms with Gasteiger partial charge in [0.15, 0.2) is 11.6 Å². The summed E-state index contributed by atoms with van der Waals surface area (Å²) in [6.45, 7) is 2.05. The quantitative estimate of drug-likeness (QED) is 0.890. The molecule has 2 nitrogen and oxygen atoms in total. The fraction of sp³-hybridized carbons (Fsp3) is 0.250. The molecular weight excluding hydrogens is 296 g/mol. The molecule has 0 radical (unpaired) electrons. The molecule has 0 aliphatic carbocycles. The number of hydrogen-bond donors (Lipinski definition) is 1. The first-order valence-corrected chi connectivity index (χ1v) is 6.91. The first-order chi connectivity index (χ1) is 10.0. The molecule has 2 aromatic carbocycles. The Bertz CT molecular complexity index is 634. The molecular formula is C16H16ClF2NO. The Morgan fingerprint density at radius 3 is 2.67 bits per heavy atom. The smallest absolute Gasteiger partial charge is 0.163 e. The maximum Gasteiger partial charge on any atom is 0.163 e. The first kappa shape index (κ1) is 15.7. The molecule has 2 rings (SSSR count). The number of likely N-dealkylation sites (N-methyl/N-ethyl adjacent to an activating group) is 1. The van der Waals surface area contributed by atoms with Crippen LogP contribution in [0.3, 0.4) is 0 Å². The molecule has 0 heterocycles. The number of benzene rings is 2. The molecule has 1 N–H and O–H groups in total. The molecule has 0 fully saturated rings. The number of ether oxygens (including phenoxy) is 1. The van der Waals surface area contributed by atoms with Gasteiger partial charge in [-0.25, -0.2) is 8.78 Å². The van der Waals surface area contributed by atoms with Crippen LogP contribution in [0, 0.1) is 18.6 Å². The number of rotatable bonds is 5. The summed E-state index contributed by atoms with van der Waals surface area (Å²) in [5.41, 5.74) is 1.13. The SMILES string of the molecule is CNC(COc1ccc(Cl)c(C)c1)c1cccc(F)c1F. The maximum atomic E-state index is 13.8. The van der Waals surface area contributed by atoms with E-state index in [-0.39, 0.29) is 12.2 Å². The zero-order valence-corrected chi connectivity index (χ0v) is 12.5. The van der Waals surface area contributed by atoms with E-state index in [1.54, 1.807) is 25.2 Å². The van der Waals surface area contributed by atoms with E-state index in [1.807, 2.05) is 6.92 Å². The molecule has 0 aliphatic rings. The molecule has 0 aromatic heterocycles. The van der Waals surface area contributed by atoms with Crippen LogP contribution in [0.25, 0.3) is 0 Å². The predicted octanol–water partition coefficient (Wildman–Crippen LogP) is 4.27. The predicted molar refractivity (Wildman–Crippen MR) is 79.8 cm³/mol. The van der Waals surface area contributed by atoms with Gasteiger partial charge in [0.25, 0.3) is 0 Å². The molecule has 0 aliphatic heterocycles. The Morgan fingerprint density at radius 1 is 1.24 bits per heavy atom. The van der Waals surface area contributed by atoms with Crippen LogP contribution in [0.15, 0.2) is 36.4 Å². The summed E-state index contributed by atoms with van der Waals surface area (Å²) < 4.78 is 32.7. The molecule has 5 heteroatoms. The molecule has 2 aromatic rings. The van der Waals surface area contributed by atoms with Crippen LogP contribution in [0.4, 0.5) is 8.78 Å². The highest BCUT2D eigenvalue weighted by atomic mass is 35.5. The minimum Gasteiger partial charge on any atom is -0.492 e. The van der Waals surface area contributed by atoms with Crippen molar-refractivity contribution in [3.63, 3.8) is 0 Å². The molecule has 1 atom stereocenters.